The Labute approximate surface area is 109 Å². The third-order valence-corrected chi connectivity index (χ3v) is 3.91. The number of nitrogens with zero attached hydrogens (tertiary/aromatic N) is 2. The Hall–Kier alpha value is -0.650. The van der Waals surface area contributed by atoms with Crippen molar-refractivity contribution < 1.29 is 14.6 Å². The first kappa shape index (κ1) is 13.8. The van der Waals surface area contributed by atoms with Gasteiger partial charge in [0, 0.05) is 25.6 Å². The van der Waals surface area contributed by atoms with Gasteiger partial charge in [0.2, 0.25) is 5.91 Å². The van der Waals surface area contributed by atoms with Gasteiger partial charge in [-0.25, -0.2) is 0 Å². The van der Waals surface area contributed by atoms with E-state index in [4.69, 9.17) is 4.74 Å². The lowest BCUT2D eigenvalue weighted by Gasteiger charge is -2.27. The Morgan fingerprint density at radius 2 is 2.06 bits per heavy atom. The fourth-order valence-electron chi connectivity index (χ4n) is 2.80. The minimum atomic E-state index is 0.247. The van der Waals surface area contributed by atoms with E-state index in [0.717, 1.165) is 39.0 Å². The second kappa shape index (κ2) is 7.07. The Kier molecular flexibility index (Phi) is 5.41. The number of aliphatic hydroxyl groups is 1. The molecule has 1 N–H and O–H groups in total. The van der Waals surface area contributed by atoms with Gasteiger partial charge in [-0.15, -0.1) is 0 Å². The maximum absolute atomic E-state index is 11.9. The average molecular weight is 256 g/mol. The maximum atomic E-state index is 11.9. The lowest BCUT2D eigenvalue weighted by atomic mass is 10.2. The molecule has 5 nitrogen and oxygen atoms in total. The summed E-state index contributed by atoms with van der Waals surface area (Å²) in [5.41, 5.74) is 0. The van der Waals surface area contributed by atoms with E-state index >= 15 is 0 Å². The number of carbonyl (C=O) groups is 1. The first-order chi connectivity index (χ1) is 8.81. The van der Waals surface area contributed by atoms with Crippen molar-refractivity contribution in [2.24, 2.45) is 0 Å². The first-order valence-corrected chi connectivity index (χ1v) is 7.01. The molecule has 0 unspecified atom stereocenters. The summed E-state index contributed by atoms with van der Waals surface area (Å²) in [6.07, 6.45) is 3.78. The van der Waals surface area contributed by atoms with E-state index in [9.17, 15) is 9.90 Å². The molecule has 0 spiro atoms. The predicted octanol–water partition coefficient (Wildman–Crippen LogP) is 0.0821. The van der Waals surface area contributed by atoms with Crippen LogP contribution >= 0.6 is 0 Å². The topological polar surface area (TPSA) is 53.0 Å². The molecular weight excluding hydrogens is 232 g/mol. The molecule has 0 aromatic carbocycles. The molecule has 2 fully saturated rings. The molecule has 2 saturated heterocycles. The standard InChI is InChI=1S/C13H24N2O3/c16-11-12-3-1-5-14(12)6-2-4-13(17)15-7-9-18-10-8-15/h12,16H,1-11H2/t12-/m0/s1. The van der Waals surface area contributed by atoms with E-state index in [1.165, 1.54) is 6.42 Å². The van der Waals surface area contributed by atoms with Crippen molar-refractivity contribution in [1.29, 1.82) is 0 Å². The third kappa shape index (κ3) is 3.67. The molecule has 104 valence electrons. The van der Waals surface area contributed by atoms with Gasteiger partial charge < -0.3 is 14.7 Å². The highest BCUT2D eigenvalue weighted by Gasteiger charge is 2.23. The average Bonchev–Trinajstić information content (AvgIpc) is 2.87. The second-order valence-electron chi connectivity index (χ2n) is 5.11. The van der Waals surface area contributed by atoms with Crippen LogP contribution in [0.15, 0.2) is 0 Å². The zero-order chi connectivity index (χ0) is 12.8. The molecule has 5 heteroatoms. The highest BCUT2D eigenvalue weighted by atomic mass is 16.5. The lowest BCUT2D eigenvalue weighted by molar-refractivity contribution is -0.135. The molecule has 2 aliphatic rings. The summed E-state index contributed by atoms with van der Waals surface area (Å²) < 4.78 is 5.23. The van der Waals surface area contributed by atoms with Gasteiger partial charge in [-0.1, -0.05) is 0 Å². The van der Waals surface area contributed by atoms with Crippen molar-refractivity contribution in [2.75, 3.05) is 46.0 Å². The molecule has 0 aromatic heterocycles. The molecule has 0 aliphatic carbocycles. The minimum absolute atomic E-state index is 0.247. The monoisotopic (exact) mass is 256 g/mol. The lowest BCUT2D eigenvalue weighted by Crippen LogP contribution is -2.41. The van der Waals surface area contributed by atoms with Crippen LogP contribution < -0.4 is 0 Å². The van der Waals surface area contributed by atoms with Crippen LogP contribution in [0.1, 0.15) is 25.7 Å². The Morgan fingerprint density at radius 3 is 2.78 bits per heavy atom. The van der Waals surface area contributed by atoms with E-state index in [2.05, 4.69) is 4.90 Å². The van der Waals surface area contributed by atoms with Gasteiger partial charge in [-0.2, -0.15) is 0 Å². The fourth-order valence-corrected chi connectivity index (χ4v) is 2.80. The molecule has 0 bridgehead atoms. The molecular formula is C13H24N2O3. The van der Waals surface area contributed by atoms with Crippen LogP contribution in [-0.4, -0.2) is 72.9 Å². The van der Waals surface area contributed by atoms with Crippen molar-refractivity contribution in [3.8, 4) is 0 Å². The predicted molar refractivity (Wildman–Crippen MR) is 68.3 cm³/mol. The molecule has 2 heterocycles. The van der Waals surface area contributed by atoms with Gasteiger partial charge in [0.1, 0.15) is 0 Å². The van der Waals surface area contributed by atoms with E-state index in [1.807, 2.05) is 4.90 Å². The van der Waals surface area contributed by atoms with Gasteiger partial charge in [-0.05, 0) is 32.4 Å². The number of rotatable bonds is 5. The van der Waals surface area contributed by atoms with E-state index in [-0.39, 0.29) is 12.5 Å². The van der Waals surface area contributed by atoms with Gasteiger partial charge in [-0.3, -0.25) is 9.69 Å². The number of ether oxygens (including phenoxy) is 1. The van der Waals surface area contributed by atoms with Crippen LogP contribution in [0.3, 0.4) is 0 Å². The number of amides is 1. The summed E-state index contributed by atoms with van der Waals surface area (Å²) in [5, 5.41) is 9.22. The van der Waals surface area contributed by atoms with Crippen molar-refractivity contribution in [2.45, 2.75) is 31.7 Å². The minimum Gasteiger partial charge on any atom is -0.395 e. The van der Waals surface area contributed by atoms with Crippen molar-refractivity contribution in [3.05, 3.63) is 0 Å². The smallest absolute Gasteiger partial charge is 0.222 e. The molecule has 1 amide bonds. The van der Waals surface area contributed by atoms with Crippen LogP contribution in [0.5, 0.6) is 0 Å². The zero-order valence-corrected chi connectivity index (χ0v) is 11.0. The van der Waals surface area contributed by atoms with E-state index < -0.39 is 0 Å². The maximum Gasteiger partial charge on any atom is 0.222 e. The number of morpholine rings is 1. The van der Waals surface area contributed by atoms with Crippen LogP contribution in [0, 0.1) is 0 Å². The van der Waals surface area contributed by atoms with Gasteiger partial charge in [0.05, 0.1) is 19.8 Å². The van der Waals surface area contributed by atoms with Gasteiger partial charge in [0.15, 0.2) is 0 Å². The summed E-state index contributed by atoms with van der Waals surface area (Å²) in [7, 11) is 0. The quantitative estimate of drug-likeness (QED) is 0.757. The van der Waals surface area contributed by atoms with Crippen LogP contribution in [0.4, 0.5) is 0 Å². The van der Waals surface area contributed by atoms with Crippen LogP contribution in [-0.2, 0) is 9.53 Å². The van der Waals surface area contributed by atoms with Crippen LogP contribution in [0.2, 0.25) is 0 Å². The molecule has 18 heavy (non-hydrogen) atoms. The van der Waals surface area contributed by atoms with E-state index in [1.54, 1.807) is 0 Å². The molecule has 2 aliphatic heterocycles. The Morgan fingerprint density at radius 1 is 1.28 bits per heavy atom. The Balaban J connectivity index is 1.63. The molecule has 0 saturated carbocycles. The molecule has 0 radical (unpaired) electrons. The van der Waals surface area contributed by atoms with Crippen molar-refractivity contribution in [1.82, 2.24) is 9.80 Å². The first-order valence-electron chi connectivity index (χ1n) is 7.01. The van der Waals surface area contributed by atoms with Crippen molar-refractivity contribution >= 4 is 5.91 Å². The number of hydrogen-bond acceptors (Lipinski definition) is 4. The summed E-state index contributed by atoms with van der Waals surface area (Å²) in [6.45, 7) is 5.06. The number of hydrogen-bond donors (Lipinski definition) is 1. The number of likely N-dealkylation sites (tertiary alicyclic amines) is 1. The van der Waals surface area contributed by atoms with Gasteiger partial charge >= 0.3 is 0 Å². The van der Waals surface area contributed by atoms with Gasteiger partial charge in [0.25, 0.3) is 0 Å². The fraction of sp³-hybridized carbons (Fsp3) is 0.923. The van der Waals surface area contributed by atoms with Crippen molar-refractivity contribution in [3.63, 3.8) is 0 Å². The highest BCUT2D eigenvalue weighted by Crippen LogP contribution is 2.17. The number of aliphatic hydroxyl groups excluding tert-OH is 1. The summed E-state index contributed by atoms with van der Waals surface area (Å²) >= 11 is 0. The van der Waals surface area contributed by atoms with Crippen LogP contribution in [0.25, 0.3) is 0 Å². The SMILES string of the molecule is O=C(CCCN1CCC[C@H]1CO)N1CCOCC1. The highest BCUT2D eigenvalue weighted by molar-refractivity contribution is 5.76. The molecule has 0 aromatic rings. The Bertz CT molecular complexity index is 267. The third-order valence-electron chi connectivity index (χ3n) is 3.91. The zero-order valence-electron chi connectivity index (χ0n) is 11.0. The summed E-state index contributed by atoms with van der Waals surface area (Å²) in [6, 6.07) is 0.323. The normalized spacial score (nSPS) is 25.6. The number of carbonyl (C=O) groups excluding carboxylic acids is 1. The summed E-state index contributed by atoms with van der Waals surface area (Å²) in [5.74, 6) is 0.248. The molecule has 2 rings (SSSR count). The summed E-state index contributed by atoms with van der Waals surface area (Å²) in [4.78, 5) is 16.1. The largest absolute Gasteiger partial charge is 0.395 e. The second-order valence-corrected chi connectivity index (χ2v) is 5.11. The molecule has 1 atom stereocenters. The van der Waals surface area contributed by atoms with E-state index in [0.29, 0.717) is 25.7 Å².